The molecule has 0 radical (unpaired) electrons. The maximum absolute atomic E-state index is 13.0. The highest BCUT2D eigenvalue weighted by Gasteiger charge is 2.10. The Kier molecular flexibility index (Phi) is 6.78. The van der Waals surface area contributed by atoms with Crippen molar-refractivity contribution >= 4 is 45.7 Å². The second-order valence-corrected chi connectivity index (χ2v) is 7.85. The Morgan fingerprint density at radius 1 is 1.07 bits per heavy atom. The lowest BCUT2D eigenvalue weighted by molar-refractivity contribution is -0.114. The molecule has 144 valence electrons. The Morgan fingerprint density at radius 2 is 1.79 bits per heavy atom. The first kappa shape index (κ1) is 20.0. The van der Waals surface area contributed by atoms with Crippen LogP contribution in [0.25, 0.3) is 11.3 Å². The maximum Gasteiger partial charge on any atom is 0.236 e. The number of aromatic nitrogens is 1. The van der Waals surface area contributed by atoms with Crippen LogP contribution in [0, 0.1) is 12.7 Å². The molecule has 0 saturated carbocycles. The number of amides is 2. The number of rotatable bonds is 7. The van der Waals surface area contributed by atoms with Gasteiger partial charge in [0.15, 0.2) is 5.13 Å². The van der Waals surface area contributed by atoms with Crippen molar-refractivity contribution in [2.75, 3.05) is 22.1 Å². The fourth-order valence-corrected chi connectivity index (χ4v) is 3.75. The Bertz CT molecular complexity index is 974. The van der Waals surface area contributed by atoms with E-state index in [1.807, 2.05) is 31.2 Å². The molecule has 0 unspecified atom stereocenters. The molecule has 0 saturated heterocycles. The summed E-state index contributed by atoms with van der Waals surface area (Å²) in [5.41, 5.74) is 3.25. The molecule has 2 amide bonds. The lowest BCUT2D eigenvalue weighted by atomic mass is 10.2. The first-order valence-corrected chi connectivity index (χ1v) is 10.5. The van der Waals surface area contributed by atoms with Gasteiger partial charge in [-0.1, -0.05) is 12.1 Å². The van der Waals surface area contributed by atoms with Crippen LogP contribution < -0.4 is 10.6 Å². The molecule has 0 aliphatic carbocycles. The molecule has 0 fully saturated rings. The SMILES string of the molecule is Cc1cccc(NC(=O)CSCC(=O)Nc2nc(-c3ccc(F)cc3)cs2)c1. The van der Waals surface area contributed by atoms with Gasteiger partial charge in [0.25, 0.3) is 0 Å². The van der Waals surface area contributed by atoms with E-state index in [1.165, 1.54) is 35.2 Å². The first-order chi connectivity index (χ1) is 13.5. The molecule has 3 aromatic rings. The summed E-state index contributed by atoms with van der Waals surface area (Å²) >= 11 is 2.52. The first-order valence-electron chi connectivity index (χ1n) is 8.45. The number of aryl methyl sites for hydroxylation is 1. The van der Waals surface area contributed by atoms with Crippen molar-refractivity contribution in [2.24, 2.45) is 0 Å². The fourth-order valence-electron chi connectivity index (χ4n) is 2.40. The molecular weight excluding hydrogens is 397 g/mol. The predicted octanol–water partition coefficient (Wildman–Crippen LogP) is 4.57. The number of thioether (sulfide) groups is 1. The van der Waals surface area contributed by atoms with E-state index in [4.69, 9.17) is 0 Å². The van der Waals surface area contributed by atoms with Crippen LogP contribution in [0.3, 0.4) is 0 Å². The topological polar surface area (TPSA) is 71.1 Å². The van der Waals surface area contributed by atoms with Gasteiger partial charge in [0, 0.05) is 16.6 Å². The molecule has 1 heterocycles. The van der Waals surface area contributed by atoms with Gasteiger partial charge in [-0.2, -0.15) is 0 Å². The molecule has 0 atom stereocenters. The van der Waals surface area contributed by atoms with Gasteiger partial charge in [0.1, 0.15) is 5.82 Å². The second-order valence-electron chi connectivity index (χ2n) is 6.00. The number of thiazole rings is 1. The zero-order valence-electron chi connectivity index (χ0n) is 15.1. The normalized spacial score (nSPS) is 10.5. The number of carbonyl (C=O) groups is 2. The number of benzene rings is 2. The van der Waals surface area contributed by atoms with Gasteiger partial charge in [-0.3, -0.25) is 9.59 Å². The van der Waals surface area contributed by atoms with Crippen LogP contribution in [0.5, 0.6) is 0 Å². The lowest BCUT2D eigenvalue weighted by Gasteiger charge is -2.06. The van der Waals surface area contributed by atoms with Gasteiger partial charge in [-0.25, -0.2) is 9.37 Å². The van der Waals surface area contributed by atoms with Crippen LogP contribution >= 0.6 is 23.1 Å². The Morgan fingerprint density at radius 3 is 2.50 bits per heavy atom. The highest BCUT2D eigenvalue weighted by molar-refractivity contribution is 8.00. The summed E-state index contributed by atoms with van der Waals surface area (Å²) < 4.78 is 13.0. The molecule has 0 spiro atoms. The van der Waals surface area contributed by atoms with Crippen molar-refractivity contribution < 1.29 is 14.0 Å². The molecule has 3 rings (SSSR count). The number of anilines is 2. The minimum Gasteiger partial charge on any atom is -0.325 e. The van der Waals surface area contributed by atoms with Crippen LogP contribution in [-0.2, 0) is 9.59 Å². The van der Waals surface area contributed by atoms with Crippen molar-refractivity contribution in [2.45, 2.75) is 6.92 Å². The van der Waals surface area contributed by atoms with Gasteiger partial charge in [0.2, 0.25) is 11.8 Å². The number of hydrogen-bond donors (Lipinski definition) is 2. The summed E-state index contributed by atoms with van der Waals surface area (Å²) in [6, 6.07) is 13.5. The number of hydrogen-bond acceptors (Lipinski definition) is 5. The van der Waals surface area contributed by atoms with Crippen LogP contribution in [0.4, 0.5) is 15.2 Å². The van der Waals surface area contributed by atoms with Gasteiger partial charge in [0.05, 0.1) is 17.2 Å². The average Bonchev–Trinajstić information content (AvgIpc) is 3.10. The zero-order chi connectivity index (χ0) is 19.9. The van der Waals surface area contributed by atoms with E-state index in [0.717, 1.165) is 16.8 Å². The molecule has 0 aliphatic heterocycles. The zero-order valence-corrected chi connectivity index (χ0v) is 16.7. The van der Waals surface area contributed by atoms with Crippen molar-refractivity contribution in [1.29, 1.82) is 0 Å². The summed E-state index contributed by atoms with van der Waals surface area (Å²) in [5.74, 6) is -0.368. The Hall–Kier alpha value is -2.71. The third kappa shape index (κ3) is 5.90. The average molecular weight is 416 g/mol. The van der Waals surface area contributed by atoms with E-state index in [2.05, 4.69) is 15.6 Å². The fraction of sp³-hybridized carbons (Fsp3) is 0.150. The summed E-state index contributed by atoms with van der Waals surface area (Å²) in [7, 11) is 0. The number of nitrogens with zero attached hydrogens (tertiary/aromatic N) is 1. The molecule has 1 aromatic heterocycles. The van der Waals surface area contributed by atoms with E-state index < -0.39 is 0 Å². The van der Waals surface area contributed by atoms with Crippen molar-refractivity contribution in [3.8, 4) is 11.3 Å². The van der Waals surface area contributed by atoms with Crippen LogP contribution in [0.1, 0.15) is 5.56 Å². The lowest BCUT2D eigenvalue weighted by Crippen LogP contribution is -2.18. The van der Waals surface area contributed by atoms with E-state index in [9.17, 15) is 14.0 Å². The van der Waals surface area contributed by atoms with Crippen LogP contribution in [0.15, 0.2) is 53.9 Å². The third-order valence-corrected chi connectivity index (χ3v) is 5.35. The Labute approximate surface area is 170 Å². The third-order valence-electron chi connectivity index (χ3n) is 3.66. The molecule has 0 bridgehead atoms. The summed E-state index contributed by atoms with van der Waals surface area (Å²) in [6.07, 6.45) is 0. The van der Waals surface area contributed by atoms with Gasteiger partial charge in [-0.05, 0) is 48.9 Å². The van der Waals surface area contributed by atoms with Crippen molar-refractivity contribution in [1.82, 2.24) is 4.98 Å². The number of carbonyl (C=O) groups excluding carboxylic acids is 2. The predicted molar refractivity (Wildman–Crippen MR) is 113 cm³/mol. The molecule has 0 aliphatic rings. The summed E-state index contributed by atoms with van der Waals surface area (Å²) in [6.45, 7) is 1.95. The molecule has 2 N–H and O–H groups in total. The number of halogens is 1. The van der Waals surface area contributed by atoms with Gasteiger partial charge < -0.3 is 10.6 Å². The van der Waals surface area contributed by atoms with E-state index in [0.29, 0.717) is 10.8 Å². The molecule has 28 heavy (non-hydrogen) atoms. The quantitative estimate of drug-likeness (QED) is 0.593. The number of nitrogens with one attached hydrogen (secondary N) is 2. The van der Waals surface area contributed by atoms with Crippen molar-refractivity contribution in [3.63, 3.8) is 0 Å². The van der Waals surface area contributed by atoms with Gasteiger partial charge in [-0.15, -0.1) is 23.1 Å². The molecule has 8 heteroatoms. The smallest absolute Gasteiger partial charge is 0.236 e. The summed E-state index contributed by atoms with van der Waals surface area (Å²) in [5, 5.41) is 7.78. The molecule has 5 nitrogen and oxygen atoms in total. The van der Waals surface area contributed by atoms with E-state index >= 15 is 0 Å². The highest BCUT2D eigenvalue weighted by Crippen LogP contribution is 2.25. The van der Waals surface area contributed by atoms with Crippen LogP contribution in [-0.4, -0.2) is 28.3 Å². The highest BCUT2D eigenvalue weighted by atomic mass is 32.2. The maximum atomic E-state index is 13.0. The minimum absolute atomic E-state index is 0.146. The van der Waals surface area contributed by atoms with Gasteiger partial charge >= 0.3 is 0 Å². The monoisotopic (exact) mass is 415 g/mol. The molecule has 2 aromatic carbocycles. The van der Waals surface area contributed by atoms with E-state index in [-0.39, 0.29) is 29.1 Å². The Balaban J connectivity index is 1.43. The summed E-state index contributed by atoms with van der Waals surface area (Å²) in [4.78, 5) is 28.3. The standard InChI is InChI=1S/C20H18FN3O2S2/c1-13-3-2-4-16(9-13)22-18(25)11-27-12-19(26)24-20-23-17(10-28-20)14-5-7-15(21)8-6-14/h2-10H,11-12H2,1H3,(H,22,25)(H,23,24,26). The van der Waals surface area contributed by atoms with Crippen LogP contribution in [0.2, 0.25) is 0 Å². The van der Waals surface area contributed by atoms with E-state index in [1.54, 1.807) is 17.5 Å². The molecular formula is C20H18FN3O2S2. The van der Waals surface area contributed by atoms with Crippen molar-refractivity contribution in [3.05, 3.63) is 65.3 Å². The second kappa shape index (κ2) is 9.48. The minimum atomic E-state index is -0.309. The largest absolute Gasteiger partial charge is 0.325 e.